The molecule has 30 heavy (non-hydrogen) atoms. The first-order valence-electron chi connectivity index (χ1n) is 9.76. The lowest BCUT2D eigenvalue weighted by Gasteiger charge is -2.20. The molecule has 1 aromatic carbocycles. The van der Waals surface area contributed by atoms with E-state index < -0.39 is 29.1 Å². The fourth-order valence-corrected chi connectivity index (χ4v) is 3.08. The average molecular weight is 416 g/mol. The van der Waals surface area contributed by atoms with E-state index in [4.69, 9.17) is 9.47 Å². The molecule has 0 saturated carbocycles. The minimum absolute atomic E-state index is 0.0928. The molecule has 1 aromatic heterocycles. The molecule has 160 valence electrons. The maximum atomic E-state index is 13.2. The van der Waals surface area contributed by atoms with E-state index in [-0.39, 0.29) is 29.7 Å². The summed E-state index contributed by atoms with van der Waals surface area (Å²) in [5.41, 5.74) is -0.888. The number of rotatable bonds is 10. The van der Waals surface area contributed by atoms with Crippen LogP contribution in [-0.2, 0) is 11.3 Å². The summed E-state index contributed by atoms with van der Waals surface area (Å²) in [6, 6.07) is 7.04. The number of ether oxygens (including phenoxy) is 2. The van der Waals surface area contributed by atoms with Gasteiger partial charge in [-0.15, -0.1) is 0 Å². The Morgan fingerprint density at radius 3 is 2.53 bits per heavy atom. The van der Waals surface area contributed by atoms with Crippen LogP contribution in [0.4, 0.5) is 4.39 Å². The van der Waals surface area contributed by atoms with E-state index >= 15 is 0 Å². The van der Waals surface area contributed by atoms with Crippen molar-refractivity contribution in [1.29, 1.82) is 5.26 Å². The molecule has 1 atom stereocenters. The van der Waals surface area contributed by atoms with Crippen molar-refractivity contribution in [2.24, 2.45) is 0 Å². The summed E-state index contributed by atoms with van der Waals surface area (Å²) >= 11 is 0. The highest BCUT2D eigenvalue weighted by atomic mass is 19.1. The Balaban J connectivity index is 2.44. The molecule has 0 radical (unpaired) electrons. The molecule has 1 unspecified atom stereocenters. The van der Waals surface area contributed by atoms with E-state index in [2.05, 4.69) is 0 Å². The summed E-state index contributed by atoms with van der Waals surface area (Å²) < 4.78 is 25.1. The van der Waals surface area contributed by atoms with E-state index in [9.17, 15) is 24.3 Å². The number of nitrogens with zero attached hydrogens (tertiary/aromatic N) is 2. The maximum Gasteiger partial charge on any atom is 0.271 e. The van der Waals surface area contributed by atoms with Gasteiger partial charge in [-0.1, -0.05) is 6.92 Å². The van der Waals surface area contributed by atoms with Crippen molar-refractivity contribution in [3.8, 4) is 17.7 Å². The number of benzene rings is 1. The van der Waals surface area contributed by atoms with E-state index in [1.54, 1.807) is 6.92 Å². The van der Waals surface area contributed by atoms with Crippen molar-refractivity contribution in [1.82, 2.24) is 4.57 Å². The number of halogens is 1. The van der Waals surface area contributed by atoms with Crippen molar-refractivity contribution >= 4 is 5.78 Å². The predicted octanol–water partition coefficient (Wildman–Crippen LogP) is 3.34. The number of pyridine rings is 1. The Kier molecular flexibility index (Phi) is 8.13. The molecule has 7 nitrogen and oxygen atoms in total. The molecule has 0 fully saturated rings. The lowest BCUT2D eigenvalue weighted by atomic mass is 9.97. The van der Waals surface area contributed by atoms with Crippen LogP contribution in [0.3, 0.4) is 0 Å². The van der Waals surface area contributed by atoms with E-state index in [0.29, 0.717) is 25.4 Å². The van der Waals surface area contributed by atoms with Gasteiger partial charge in [0.15, 0.2) is 6.10 Å². The zero-order valence-corrected chi connectivity index (χ0v) is 17.3. The summed E-state index contributed by atoms with van der Waals surface area (Å²) in [7, 11) is 0. The molecule has 0 aliphatic heterocycles. The summed E-state index contributed by atoms with van der Waals surface area (Å²) in [4.78, 5) is 25.8. The molecule has 0 aliphatic rings. The quantitative estimate of drug-likeness (QED) is 0.471. The molecule has 2 aromatic rings. The van der Waals surface area contributed by atoms with E-state index in [1.807, 2.05) is 13.0 Å². The van der Waals surface area contributed by atoms with Crippen LogP contribution >= 0.6 is 0 Å². The van der Waals surface area contributed by atoms with Crippen LogP contribution in [0.15, 0.2) is 29.1 Å². The predicted molar refractivity (Wildman–Crippen MR) is 108 cm³/mol. The first-order valence-corrected chi connectivity index (χ1v) is 9.76. The van der Waals surface area contributed by atoms with Crippen LogP contribution in [0.2, 0.25) is 0 Å². The number of carbonyl (C=O) groups is 1. The molecular formula is C22H25FN2O5. The lowest BCUT2D eigenvalue weighted by Crippen LogP contribution is -2.32. The molecule has 0 amide bonds. The van der Waals surface area contributed by atoms with Gasteiger partial charge in [0.1, 0.15) is 23.2 Å². The third-order valence-corrected chi connectivity index (χ3v) is 4.68. The molecule has 8 heteroatoms. The second-order valence-electron chi connectivity index (χ2n) is 6.65. The van der Waals surface area contributed by atoms with Crippen LogP contribution in [0.25, 0.3) is 0 Å². The fourth-order valence-electron chi connectivity index (χ4n) is 3.08. The third kappa shape index (κ3) is 5.05. The van der Waals surface area contributed by atoms with Gasteiger partial charge >= 0.3 is 0 Å². The summed E-state index contributed by atoms with van der Waals surface area (Å²) in [6.45, 7) is 5.99. The zero-order valence-electron chi connectivity index (χ0n) is 17.3. The fraction of sp³-hybridized carbons (Fsp3) is 0.409. The molecule has 1 N–H and O–H groups in total. The Morgan fingerprint density at radius 1 is 1.30 bits per heavy atom. The van der Waals surface area contributed by atoms with Crippen LogP contribution in [0.5, 0.6) is 11.6 Å². The highest BCUT2D eigenvalue weighted by molar-refractivity contribution is 6.03. The molecule has 1 heterocycles. The summed E-state index contributed by atoms with van der Waals surface area (Å²) in [6.07, 6.45) is -0.298. The monoisotopic (exact) mass is 416 g/mol. The highest BCUT2D eigenvalue weighted by Crippen LogP contribution is 2.26. The molecular weight excluding hydrogens is 391 g/mol. The standard InChI is InChI=1S/C22H25FN2O5/c1-4-18(30-16-9-7-15(23)8-10-16)20(26)19-14(3)17(13-24)21(27)25(22(19)28)11-6-12-29-5-2/h7-10,18,28H,4-6,11-12H2,1-3H3. The SMILES string of the molecule is CCOCCCn1c(O)c(C(=O)C(CC)Oc2ccc(F)cc2)c(C)c(C#N)c1=O. The zero-order chi connectivity index (χ0) is 22.3. The minimum atomic E-state index is -0.985. The van der Waals surface area contributed by atoms with Crippen molar-refractivity contribution < 1.29 is 23.8 Å². The number of aromatic hydroxyl groups is 1. The third-order valence-electron chi connectivity index (χ3n) is 4.68. The summed E-state index contributed by atoms with van der Waals surface area (Å²) in [5.74, 6) is -1.21. The molecule has 2 rings (SSSR count). The summed E-state index contributed by atoms with van der Waals surface area (Å²) in [5, 5.41) is 20.2. The van der Waals surface area contributed by atoms with Crippen molar-refractivity contribution in [2.45, 2.75) is 46.3 Å². The van der Waals surface area contributed by atoms with Gasteiger partial charge in [0.05, 0.1) is 5.56 Å². The van der Waals surface area contributed by atoms with Gasteiger partial charge in [0.2, 0.25) is 11.7 Å². The van der Waals surface area contributed by atoms with Gasteiger partial charge < -0.3 is 14.6 Å². The molecule has 0 bridgehead atoms. The number of aromatic nitrogens is 1. The Morgan fingerprint density at radius 2 is 1.97 bits per heavy atom. The number of hydrogen-bond donors (Lipinski definition) is 1. The first-order chi connectivity index (χ1) is 14.3. The van der Waals surface area contributed by atoms with E-state index in [1.165, 1.54) is 31.2 Å². The number of carbonyl (C=O) groups excluding carboxylic acids is 1. The van der Waals surface area contributed by atoms with E-state index in [0.717, 1.165) is 4.57 Å². The largest absolute Gasteiger partial charge is 0.494 e. The average Bonchev–Trinajstić information content (AvgIpc) is 2.73. The normalized spacial score (nSPS) is 11.7. The van der Waals surface area contributed by atoms with Crippen LogP contribution in [-0.4, -0.2) is 34.8 Å². The first kappa shape index (κ1) is 23.1. The van der Waals surface area contributed by atoms with Gasteiger partial charge in [-0.25, -0.2) is 4.39 Å². The number of Topliss-reactive ketones (excluding diaryl/α,β-unsaturated/α-hetero) is 1. The van der Waals surface area contributed by atoms with Gasteiger partial charge in [-0.3, -0.25) is 14.2 Å². The van der Waals surface area contributed by atoms with Crippen molar-refractivity contribution in [3.63, 3.8) is 0 Å². The topological polar surface area (TPSA) is 102 Å². The second-order valence-corrected chi connectivity index (χ2v) is 6.65. The molecule has 0 aliphatic carbocycles. The van der Waals surface area contributed by atoms with Gasteiger partial charge in [-0.05, 0) is 56.5 Å². The Labute approximate surface area is 174 Å². The number of hydrogen-bond acceptors (Lipinski definition) is 6. The van der Waals surface area contributed by atoms with Gasteiger partial charge in [0.25, 0.3) is 5.56 Å². The number of ketones is 1. The van der Waals surface area contributed by atoms with Crippen LogP contribution in [0.1, 0.15) is 48.2 Å². The highest BCUT2D eigenvalue weighted by Gasteiger charge is 2.29. The molecule has 0 saturated heterocycles. The van der Waals surface area contributed by atoms with Gasteiger partial charge in [-0.2, -0.15) is 5.26 Å². The second kappa shape index (κ2) is 10.6. The van der Waals surface area contributed by atoms with Crippen molar-refractivity contribution in [3.05, 3.63) is 57.1 Å². The van der Waals surface area contributed by atoms with Crippen LogP contribution in [0, 0.1) is 24.1 Å². The van der Waals surface area contributed by atoms with Crippen molar-refractivity contribution in [2.75, 3.05) is 13.2 Å². The minimum Gasteiger partial charge on any atom is -0.494 e. The Bertz CT molecular complexity index is 993. The smallest absolute Gasteiger partial charge is 0.271 e. The maximum absolute atomic E-state index is 13.2. The van der Waals surface area contributed by atoms with Gasteiger partial charge in [0, 0.05) is 19.8 Å². The lowest BCUT2D eigenvalue weighted by molar-refractivity contribution is 0.0780. The molecule has 0 spiro atoms. The Hall–Kier alpha value is -3.18. The van der Waals surface area contributed by atoms with Crippen LogP contribution < -0.4 is 10.3 Å². The number of nitriles is 1.